The fourth-order valence-electron chi connectivity index (χ4n) is 10.9. The van der Waals surface area contributed by atoms with Crippen molar-refractivity contribution in [1.29, 1.82) is 0 Å². The fourth-order valence-corrected chi connectivity index (χ4v) is 11.2. The van der Waals surface area contributed by atoms with Gasteiger partial charge in [-0.3, -0.25) is 4.79 Å². The predicted octanol–water partition coefficient (Wildman–Crippen LogP) is 13.4. The standard InChI is InChI=1S/C60H70ClN3O7/c1-59(2,3)71-57(67)62-39-21-20-33-53(63-58(68)69-41-50-48-29-16-14-27-46(48)47-28-15-17-30-49(47)50)55(65)64-40-22-34-54(64)56(66)70-60(44-25-12-9-13-26-44,51-31-18-19-32-52(51)61)45-37-35-43(36-38-45)42-23-10-7-5-4-6-8-11-24-42/h9,12-19,25-32,35-38,42,50,53-54H,4-8,10-11,20-24,33-34,39-41H2,1-3H3,(H,62,67)(H,63,68)/t53-,54-,60?/m0/s1. The van der Waals surface area contributed by atoms with Gasteiger partial charge in [-0.25, -0.2) is 14.4 Å². The number of rotatable bonds is 15. The molecule has 1 heterocycles. The highest BCUT2D eigenvalue weighted by Crippen LogP contribution is 2.46. The normalized spacial score (nSPS) is 17.7. The number of unbranched alkanes of at least 4 members (excludes halogenated alkanes) is 1. The number of hydrogen-bond donors (Lipinski definition) is 2. The Balaban J connectivity index is 1.05. The number of amides is 3. The van der Waals surface area contributed by atoms with E-state index in [2.05, 4.69) is 59.2 Å². The van der Waals surface area contributed by atoms with Gasteiger partial charge in [0.15, 0.2) is 5.60 Å². The molecule has 374 valence electrons. The smallest absolute Gasteiger partial charge is 0.407 e. The number of likely N-dealkylation sites (tertiary alicyclic amines) is 1. The molecule has 3 atom stereocenters. The van der Waals surface area contributed by atoms with Crippen molar-refractivity contribution in [2.45, 2.75) is 146 Å². The molecule has 8 rings (SSSR count). The molecule has 0 radical (unpaired) electrons. The minimum atomic E-state index is -1.47. The van der Waals surface area contributed by atoms with Gasteiger partial charge in [-0.2, -0.15) is 0 Å². The van der Waals surface area contributed by atoms with Gasteiger partial charge in [0.25, 0.3) is 0 Å². The second-order valence-electron chi connectivity index (χ2n) is 20.5. The van der Waals surface area contributed by atoms with E-state index in [1.807, 2.05) is 78.9 Å². The molecule has 11 heteroatoms. The molecule has 5 aromatic rings. The van der Waals surface area contributed by atoms with Crippen LogP contribution in [0.15, 0.2) is 127 Å². The molecule has 10 nitrogen and oxygen atoms in total. The molecule has 1 saturated carbocycles. The predicted molar refractivity (Wildman–Crippen MR) is 279 cm³/mol. The van der Waals surface area contributed by atoms with E-state index in [1.54, 1.807) is 25.7 Å². The highest BCUT2D eigenvalue weighted by molar-refractivity contribution is 6.31. The lowest BCUT2D eigenvalue weighted by molar-refractivity contribution is -0.162. The van der Waals surface area contributed by atoms with Crippen molar-refractivity contribution >= 4 is 35.7 Å². The highest BCUT2D eigenvalue weighted by atomic mass is 35.5. The lowest BCUT2D eigenvalue weighted by Crippen LogP contribution is -2.53. The van der Waals surface area contributed by atoms with Crippen LogP contribution in [0.3, 0.4) is 0 Å². The van der Waals surface area contributed by atoms with E-state index in [1.165, 1.54) is 50.5 Å². The molecule has 1 aliphatic heterocycles. The van der Waals surface area contributed by atoms with Crippen LogP contribution in [0, 0.1) is 0 Å². The molecular formula is C60H70ClN3O7. The Morgan fingerprint density at radius 2 is 1.24 bits per heavy atom. The fraction of sp³-hybridized carbons (Fsp3) is 0.433. The zero-order valence-corrected chi connectivity index (χ0v) is 42.4. The van der Waals surface area contributed by atoms with Crippen LogP contribution in [0.2, 0.25) is 5.02 Å². The van der Waals surface area contributed by atoms with Crippen molar-refractivity contribution in [2.24, 2.45) is 0 Å². The summed E-state index contributed by atoms with van der Waals surface area (Å²) in [5.74, 6) is -0.701. The van der Waals surface area contributed by atoms with Crippen molar-refractivity contribution in [3.8, 4) is 11.1 Å². The maximum Gasteiger partial charge on any atom is 0.407 e. The van der Waals surface area contributed by atoms with Crippen LogP contribution in [0.4, 0.5) is 9.59 Å². The number of ether oxygens (including phenoxy) is 3. The Labute approximate surface area is 425 Å². The molecule has 3 aliphatic rings. The van der Waals surface area contributed by atoms with Crippen LogP contribution in [-0.2, 0) is 29.4 Å². The summed E-state index contributed by atoms with van der Waals surface area (Å²) < 4.78 is 18.4. The van der Waals surface area contributed by atoms with Gasteiger partial charge in [-0.05, 0) is 106 Å². The Morgan fingerprint density at radius 3 is 1.89 bits per heavy atom. The summed E-state index contributed by atoms with van der Waals surface area (Å²) in [5.41, 5.74) is 5.61. The summed E-state index contributed by atoms with van der Waals surface area (Å²) in [6.07, 6.45) is 12.0. The Morgan fingerprint density at radius 1 is 0.648 bits per heavy atom. The Bertz CT molecular complexity index is 2540. The van der Waals surface area contributed by atoms with Gasteiger partial charge < -0.3 is 29.7 Å². The number of nitrogens with one attached hydrogen (secondary N) is 2. The van der Waals surface area contributed by atoms with Crippen molar-refractivity contribution in [3.63, 3.8) is 0 Å². The zero-order valence-electron chi connectivity index (χ0n) is 41.6. The van der Waals surface area contributed by atoms with E-state index < -0.39 is 47.3 Å². The number of carbonyl (C=O) groups is 4. The minimum Gasteiger partial charge on any atom is -0.449 e. The van der Waals surface area contributed by atoms with E-state index in [0.717, 1.165) is 46.2 Å². The topological polar surface area (TPSA) is 123 Å². The average molecular weight is 981 g/mol. The number of benzene rings is 5. The Hall–Kier alpha value is -6.13. The quantitative estimate of drug-likeness (QED) is 0.0463. The molecule has 1 saturated heterocycles. The molecule has 5 aromatic carbocycles. The number of nitrogens with zero attached hydrogens (tertiary/aromatic N) is 1. The summed E-state index contributed by atoms with van der Waals surface area (Å²) >= 11 is 7.13. The van der Waals surface area contributed by atoms with Gasteiger partial charge in [-0.1, -0.05) is 178 Å². The molecule has 0 spiro atoms. The summed E-state index contributed by atoms with van der Waals surface area (Å²) in [6.45, 7) is 6.08. The minimum absolute atomic E-state index is 0.0739. The second-order valence-corrected chi connectivity index (χ2v) is 20.9. The number of halogens is 1. The first kappa shape index (κ1) is 51.2. The van der Waals surface area contributed by atoms with Crippen molar-refractivity contribution in [1.82, 2.24) is 15.5 Å². The molecule has 2 fully saturated rings. The van der Waals surface area contributed by atoms with Gasteiger partial charge in [-0.15, -0.1) is 0 Å². The number of alkyl carbamates (subject to hydrolysis) is 2. The van der Waals surface area contributed by atoms with E-state index in [0.29, 0.717) is 55.3 Å². The van der Waals surface area contributed by atoms with Crippen LogP contribution in [0.5, 0.6) is 0 Å². The second kappa shape index (κ2) is 23.9. The summed E-state index contributed by atoms with van der Waals surface area (Å²) in [4.78, 5) is 58.0. The summed E-state index contributed by atoms with van der Waals surface area (Å²) in [5, 5.41) is 6.12. The van der Waals surface area contributed by atoms with Crippen LogP contribution in [0.1, 0.15) is 156 Å². The maximum absolute atomic E-state index is 15.2. The maximum atomic E-state index is 15.2. The Kier molecular flexibility index (Phi) is 17.2. The van der Waals surface area contributed by atoms with Crippen molar-refractivity contribution < 1.29 is 33.4 Å². The monoisotopic (exact) mass is 979 g/mol. The van der Waals surface area contributed by atoms with Gasteiger partial charge in [0, 0.05) is 40.7 Å². The highest BCUT2D eigenvalue weighted by Gasteiger charge is 2.47. The molecule has 71 heavy (non-hydrogen) atoms. The van der Waals surface area contributed by atoms with E-state index in [4.69, 9.17) is 25.8 Å². The molecule has 3 amide bonds. The number of esters is 1. The summed E-state index contributed by atoms with van der Waals surface area (Å²) in [6, 6.07) is 40.0. The average Bonchev–Trinajstić information content (AvgIpc) is 4.00. The molecule has 0 aromatic heterocycles. The van der Waals surface area contributed by atoms with Crippen molar-refractivity contribution in [2.75, 3.05) is 19.7 Å². The van der Waals surface area contributed by atoms with Gasteiger partial charge >= 0.3 is 18.2 Å². The number of hydrogen-bond acceptors (Lipinski definition) is 7. The molecular weight excluding hydrogens is 910 g/mol. The summed E-state index contributed by atoms with van der Waals surface area (Å²) in [7, 11) is 0. The van der Waals surface area contributed by atoms with Gasteiger partial charge in [0.2, 0.25) is 5.91 Å². The molecule has 1 unspecified atom stereocenters. The molecule has 2 N–H and O–H groups in total. The van der Waals surface area contributed by atoms with Crippen molar-refractivity contribution in [3.05, 3.63) is 166 Å². The van der Waals surface area contributed by atoms with Gasteiger partial charge in [0.1, 0.15) is 24.3 Å². The molecule has 2 aliphatic carbocycles. The number of carbonyl (C=O) groups excluding carboxylic acids is 4. The zero-order chi connectivity index (χ0) is 49.8. The van der Waals surface area contributed by atoms with Crippen LogP contribution < -0.4 is 10.6 Å². The van der Waals surface area contributed by atoms with E-state index >= 15 is 4.79 Å². The third-order valence-corrected chi connectivity index (χ3v) is 14.7. The first-order valence-corrected chi connectivity index (χ1v) is 26.3. The third-order valence-electron chi connectivity index (χ3n) is 14.4. The first-order valence-electron chi connectivity index (χ1n) is 26.0. The lowest BCUT2D eigenvalue weighted by Gasteiger charge is -2.38. The lowest BCUT2D eigenvalue weighted by atomic mass is 9.78. The largest absolute Gasteiger partial charge is 0.449 e. The molecule has 0 bridgehead atoms. The number of fused-ring (bicyclic) bond motifs is 3. The first-order chi connectivity index (χ1) is 34.4. The van der Waals surface area contributed by atoms with Crippen LogP contribution in [-0.4, -0.2) is 66.3 Å². The van der Waals surface area contributed by atoms with Gasteiger partial charge in [0.05, 0.1) is 0 Å². The van der Waals surface area contributed by atoms with E-state index in [9.17, 15) is 14.4 Å². The van der Waals surface area contributed by atoms with E-state index in [-0.39, 0.29) is 18.9 Å². The SMILES string of the molecule is CC(C)(C)OC(=O)NCCCC[C@H](NC(=O)OCC1c2ccccc2-c2ccccc21)C(=O)N1CCC[C@H]1C(=O)OC(c1ccccc1)(c1ccc(C2CCCCCCCCC2)cc1)c1ccccc1Cl. The van der Waals surface area contributed by atoms with Crippen LogP contribution in [0.25, 0.3) is 11.1 Å². The third kappa shape index (κ3) is 12.5. The van der Waals surface area contributed by atoms with Crippen LogP contribution >= 0.6 is 11.6 Å².